The van der Waals surface area contributed by atoms with Crippen LogP contribution < -0.4 is 10.5 Å². The summed E-state index contributed by atoms with van der Waals surface area (Å²) in [7, 11) is 0. The Balaban J connectivity index is 0.00000161. The molecule has 2 aromatic rings. The standard InChI is InChI=1S/C16H17N3O.ClH/c17-8-12-10-19-9-11-2-1-3-15(16(11)12)20-14-6-4-13(18)5-7-14;/h1-3,9-10,13-14H,4-7,18H2;1H/t13-,14-;. The highest BCUT2D eigenvalue weighted by Crippen LogP contribution is 2.31. The number of rotatable bonds is 2. The van der Waals surface area contributed by atoms with E-state index < -0.39 is 0 Å². The van der Waals surface area contributed by atoms with Gasteiger partial charge in [-0.15, -0.1) is 12.4 Å². The van der Waals surface area contributed by atoms with Crippen molar-refractivity contribution in [3.05, 3.63) is 36.2 Å². The molecule has 1 heterocycles. The Kier molecular flexibility index (Phi) is 5.00. The number of nitriles is 1. The lowest BCUT2D eigenvalue weighted by molar-refractivity contribution is 0.149. The highest BCUT2D eigenvalue weighted by molar-refractivity contribution is 5.92. The van der Waals surface area contributed by atoms with Crippen molar-refractivity contribution in [3.63, 3.8) is 0 Å². The van der Waals surface area contributed by atoms with Crippen molar-refractivity contribution in [2.24, 2.45) is 5.73 Å². The molecule has 0 spiro atoms. The first-order valence-electron chi connectivity index (χ1n) is 6.97. The Bertz CT molecular complexity index is 655. The molecule has 0 radical (unpaired) electrons. The number of ether oxygens (including phenoxy) is 1. The van der Waals surface area contributed by atoms with Crippen molar-refractivity contribution in [1.82, 2.24) is 4.98 Å². The molecule has 1 aliphatic rings. The second kappa shape index (κ2) is 6.75. The molecule has 3 rings (SSSR count). The third-order valence-corrected chi connectivity index (χ3v) is 3.88. The minimum absolute atomic E-state index is 0. The predicted molar refractivity (Wildman–Crippen MR) is 84.6 cm³/mol. The molecule has 0 atom stereocenters. The van der Waals surface area contributed by atoms with Gasteiger partial charge in [-0.05, 0) is 31.7 Å². The lowest BCUT2D eigenvalue weighted by Gasteiger charge is -2.27. The zero-order chi connectivity index (χ0) is 13.9. The Morgan fingerprint density at radius 1 is 1.19 bits per heavy atom. The number of nitrogens with two attached hydrogens (primary N) is 1. The van der Waals surface area contributed by atoms with Crippen LogP contribution in [0.25, 0.3) is 10.8 Å². The number of halogens is 1. The second-order valence-electron chi connectivity index (χ2n) is 5.31. The van der Waals surface area contributed by atoms with Gasteiger partial charge in [-0.3, -0.25) is 4.98 Å². The van der Waals surface area contributed by atoms with Crippen molar-refractivity contribution in [3.8, 4) is 11.8 Å². The summed E-state index contributed by atoms with van der Waals surface area (Å²) in [6.07, 6.45) is 7.51. The average Bonchev–Trinajstić information content (AvgIpc) is 2.49. The van der Waals surface area contributed by atoms with Gasteiger partial charge in [-0.25, -0.2) is 0 Å². The smallest absolute Gasteiger partial charge is 0.128 e. The molecule has 5 heteroatoms. The second-order valence-corrected chi connectivity index (χ2v) is 5.31. The molecule has 0 aliphatic heterocycles. The monoisotopic (exact) mass is 303 g/mol. The number of nitrogens with zero attached hydrogens (tertiary/aromatic N) is 2. The van der Waals surface area contributed by atoms with Crippen LogP contribution in [-0.2, 0) is 0 Å². The van der Waals surface area contributed by atoms with Crippen molar-refractivity contribution in [2.75, 3.05) is 0 Å². The van der Waals surface area contributed by atoms with Crippen molar-refractivity contribution < 1.29 is 4.74 Å². The highest BCUT2D eigenvalue weighted by Gasteiger charge is 2.21. The summed E-state index contributed by atoms with van der Waals surface area (Å²) in [5.41, 5.74) is 6.48. The van der Waals surface area contributed by atoms with E-state index >= 15 is 0 Å². The fraction of sp³-hybridized carbons (Fsp3) is 0.375. The number of hydrogen-bond donors (Lipinski definition) is 1. The maximum absolute atomic E-state index is 9.24. The molecule has 21 heavy (non-hydrogen) atoms. The lowest BCUT2D eigenvalue weighted by atomic mass is 9.93. The molecule has 1 aliphatic carbocycles. The van der Waals surface area contributed by atoms with Gasteiger partial charge in [-0.2, -0.15) is 5.26 Å². The molecule has 1 saturated carbocycles. The Labute approximate surface area is 130 Å². The van der Waals surface area contributed by atoms with Gasteiger partial charge in [0.15, 0.2) is 0 Å². The van der Waals surface area contributed by atoms with Gasteiger partial charge >= 0.3 is 0 Å². The summed E-state index contributed by atoms with van der Waals surface area (Å²) in [6, 6.07) is 8.32. The summed E-state index contributed by atoms with van der Waals surface area (Å²) < 4.78 is 6.12. The van der Waals surface area contributed by atoms with E-state index in [9.17, 15) is 5.26 Å². The number of benzene rings is 1. The number of hydrogen-bond acceptors (Lipinski definition) is 4. The van der Waals surface area contributed by atoms with Crippen LogP contribution in [0.15, 0.2) is 30.6 Å². The topological polar surface area (TPSA) is 71.9 Å². The molecule has 1 fully saturated rings. The van der Waals surface area contributed by atoms with Gasteiger partial charge in [0, 0.05) is 29.2 Å². The molecule has 0 saturated heterocycles. The first-order chi connectivity index (χ1) is 9.78. The van der Waals surface area contributed by atoms with E-state index in [0.717, 1.165) is 42.2 Å². The van der Waals surface area contributed by atoms with Crippen LogP contribution in [0.5, 0.6) is 5.75 Å². The van der Waals surface area contributed by atoms with E-state index in [0.29, 0.717) is 11.6 Å². The van der Waals surface area contributed by atoms with Crippen molar-refractivity contribution in [1.29, 1.82) is 5.26 Å². The molecular weight excluding hydrogens is 286 g/mol. The fourth-order valence-corrected chi connectivity index (χ4v) is 2.77. The number of aromatic nitrogens is 1. The van der Waals surface area contributed by atoms with E-state index in [-0.39, 0.29) is 18.5 Å². The summed E-state index contributed by atoms with van der Waals surface area (Å²) in [6.45, 7) is 0. The SMILES string of the molecule is Cl.N#Cc1cncc2cccc(O[C@H]3CC[C@H](N)CC3)c12. The maximum Gasteiger partial charge on any atom is 0.128 e. The Hall–Kier alpha value is -1.83. The highest BCUT2D eigenvalue weighted by atomic mass is 35.5. The van der Waals surface area contributed by atoms with E-state index in [1.165, 1.54) is 0 Å². The lowest BCUT2D eigenvalue weighted by Crippen LogP contribution is -2.31. The van der Waals surface area contributed by atoms with Gasteiger partial charge in [-0.1, -0.05) is 12.1 Å². The summed E-state index contributed by atoms with van der Waals surface area (Å²) in [5, 5.41) is 11.0. The average molecular weight is 304 g/mol. The van der Waals surface area contributed by atoms with Crippen LogP contribution in [0.3, 0.4) is 0 Å². The number of fused-ring (bicyclic) bond motifs is 1. The van der Waals surface area contributed by atoms with E-state index in [1.807, 2.05) is 18.2 Å². The van der Waals surface area contributed by atoms with Gasteiger partial charge in [0.2, 0.25) is 0 Å². The Morgan fingerprint density at radius 3 is 2.67 bits per heavy atom. The Morgan fingerprint density at radius 2 is 1.95 bits per heavy atom. The van der Waals surface area contributed by atoms with E-state index in [2.05, 4.69) is 11.1 Å². The molecule has 0 amide bonds. The molecule has 1 aromatic heterocycles. The molecule has 4 nitrogen and oxygen atoms in total. The van der Waals surface area contributed by atoms with Crippen LogP contribution in [0.1, 0.15) is 31.2 Å². The maximum atomic E-state index is 9.24. The van der Waals surface area contributed by atoms with Crippen LogP contribution in [-0.4, -0.2) is 17.1 Å². The van der Waals surface area contributed by atoms with Crippen molar-refractivity contribution >= 4 is 23.2 Å². The first kappa shape index (κ1) is 15.6. The molecule has 1 aromatic carbocycles. The molecular formula is C16H18ClN3O. The van der Waals surface area contributed by atoms with Crippen LogP contribution in [0, 0.1) is 11.3 Å². The number of pyridine rings is 1. The largest absolute Gasteiger partial charge is 0.490 e. The normalized spacial score (nSPS) is 21.3. The van der Waals surface area contributed by atoms with Crippen LogP contribution in [0.2, 0.25) is 0 Å². The first-order valence-corrected chi connectivity index (χ1v) is 6.97. The third kappa shape index (κ3) is 3.26. The minimum atomic E-state index is 0. The quantitative estimate of drug-likeness (QED) is 0.925. The van der Waals surface area contributed by atoms with Gasteiger partial charge in [0.1, 0.15) is 11.8 Å². The van der Waals surface area contributed by atoms with Crippen LogP contribution in [0.4, 0.5) is 0 Å². The minimum Gasteiger partial charge on any atom is -0.490 e. The van der Waals surface area contributed by atoms with Gasteiger partial charge in [0.25, 0.3) is 0 Å². The van der Waals surface area contributed by atoms with Gasteiger partial charge in [0.05, 0.1) is 11.7 Å². The van der Waals surface area contributed by atoms with E-state index in [1.54, 1.807) is 12.4 Å². The van der Waals surface area contributed by atoms with Crippen molar-refractivity contribution in [2.45, 2.75) is 37.8 Å². The van der Waals surface area contributed by atoms with E-state index in [4.69, 9.17) is 10.5 Å². The van der Waals surface area contributed by atoms with Gasteiger partial charge < -0.3 is 10.5 Å². The molecule has 0 unspecified atom stereocenters. The summed E-state index contributed by atoms with van der Waals surface area (Å²) in [4.78, 5) is 4.09. The molecule has 110 valence electrons. The molecule has 0 bridgehead atoms. The zero-order valence-corrected chi connectivity index (χ0v) is 12.5. The fourth-order valence-electron chi connectivity index (χ4n) is 2.77. The zero-order valence-electron chi connectivity index (χ0n) is 11.7. The summed E-state index contributed by atoms with van der Waals surface area (Å²) in [5.74, 6) is 0.780. The molecule has 2 N–H and O–H groups in total. The predicted octanol–water partition coefficient (Wildman–Crippen LogP) is 3.18. The summed E-state index contributed by atoms with van der Waals surface area (Å²) >= 11 is 0. The third-order valence-electron chi connectivity index (χ3n) is 3.88. The van der Waals surface area contributed by atoms with Crippen LogP contribution >= 0.6 is 12.4 Å².